The zero-order valence-corrected chi connectivity index (χ0v) is 9.79. The smallest absolute Gasteiger partial charge is 0.330 e. The Morgan fingerprint density at radius 2 is 2.27 bits per heavy atom. The van der Waals surface area contributed by atoms with Gasteiger partial charge in [-0.3, -0.25) is 0 Å². The van der Waals surface area contributed by atoms with Crippen molar-refractivity contribution in [3.8, 4) is 0 Å². The van der Waals surface area contributed by atoms with Gasteiger partial charge in [-0.15, -0.1) is 0 Å². The van der Waals surface area contributed by atoms with Crippen molar-refractivity contribution >= 4 is 5.97 Å². The van der Waals surface area contributed by atoms with Gasteiger partial charge in [0.2, 0.25) is 0 Å². The van der Waals surface area contributed by atoms with Crippen LogP contribution in [0.15, 0.2) is 12.2 Å². The summed E-state index contributed by atoms with van der Waals surface area (Å²) in [7, 11) is 1.69. The molecule has 0 aromatic heterocycles. The maximum absolute atomic E-state index is 10.9. The van der Waals surface area contributed by atoms with E-state index in [1.807, 2.05) is 0 Å². The molecule has 0 aromatic rings. The number of hydrogen-bond acceptors (Lipinski definition) is 4. The molecule has 4 heteroatoms. The van der Waals surface area contributed by atoms with E-state index in [-0.39, 0.29) is 5.97 Å². The van der Waals surface area contributed by atoms with Crippen molar-refractivity contribution in [1.82, 2.24) is 5.32 Å². The Morgan fingerprint density at radius 3 is 2.87 bits per heavy atom. The molecule has 15 heavy (non-hydrogen) atoms. The molecule has 1 unspecified atom stereocenters. The standard InChI is InChI=1S/C11H21NO3/c1-4-15-11(13)6-5-8-12-10(2)7-9-14-3/h5-6,10,12H,4,7-9H2,1-3H3/b6-5+. The fraction of sp³-hybridized carbons (Fsp3) is 0.727. The molecular formula is C11H21NO3. The van der Waals surface area contributed by atoms with Gasteiger partial charge in [-0.25, -0.2) is 4.79 Å². The van der Waals surface area contributed by atoms with E-state index < -0.39 is 0 Å². The summed E-state index contributed by atoms with van der Waals surface area (Å²) in [5.41, 5.74) is 0. The van der Waals surface area contributed by atoms with Crippen LogP contribution in [0.5, 0.6) is 0 Å². The van der Waals surface area contributed by atoms with Crippen LogP contribution in [0, 0.1) is 0 Å². The number of ether oxygens (including phenoxy) is 2. The van der Waals surface area contributed by atoms with Crippen molar-refractivity contribution in [3.63, 3.8) is 0 Å². The van der Waals surface area contributed by atoms with Gasteiger partial charge in [-0.1, -0.05) is 6.08 Å². The number of methoxy groups -OCH3 is 1. The Balaban J connectivity index is 3.47. The topological polar surface area (TPSA) is 47.6 Å². The Labute approximate surface area is 91.6 Å². The van der Waals surface area contributed by atoms with E-state index in [4.69, 9.17) is 9.47 Å². The molecule has 0 aromatic carbocycles. The summed E-state index contributed by atoms with van der Waals surface area (Å²) in [5, 5.41) is 3.24. The fourth-order valence-corrected chi connectivity index (χ4v) is 1.01. The summed E-state index contributed by atoms with van der Waals surface area (Å²) >= 11 is 0. The molecule has 88 valence electrons. The van der Waals surface area contributed by atoms with Gasteiger partial charge >= 0.3 is 5.97 Å². The molecule has 0 aliphatic carbocycles. The van der Waals surface area contributed by atoms with E-state index in [0.717, 1.165) is 13.0 Å². The molecule has 1 atom stereocenters. The van der Waals surface area contributed by atoms with Gasteiger partial charge < -0.3 is 14.8 Å². The molecule has 0 spiro atoms. The molecule has 0 heterocycles. The Bertz CT molecular complexity index is 192. The van der Waals surface area contributed by atoms with Crippen molar-refractivity contribution in [1.29, 1.82) is 0 Å². The molecule has 0 saturated heterocycles. The highest BCUT2D eigenvalue weighted by atomic mass is 16.5. The van der Waals surface area contributed by atoms with Crippen molar-refractivity contribution in [2.75, 3.05) is 26.9 Å². The first-order chi connectivity index (χ1) is 7.20. The zero-order valence-electron chi connectivity index (χ0n) is 9.79. The van der Waals surface area contributed by atoms with E-state index in [1.165, 1.54) is 6.08 Å². The van der Waals surface area contributed by atoms with Crippen LogP contribution in [0.4, 0.5) is 0 Å². The van der Waals surface area contributed by atoms with Gasteiger partial charge in [-0.05, 0) is 20.3 Å². The lowest BCUT2D eigenvalue weighted by molar-refractivity contribution is -0.137. The lowest BCUT2D eigenvalue weighted by Gasteiger charge is -2.10. The lowest BCUT2D eigenvalue weighted by atomic mass is 10.2. The molecule has 1 N–H and O–H groups in total. The van der Waals surface area contributed by atoms with Crippen molar-refractivity contribution in [2.24, 2.45) is 0 Å². The van der Waals surface area contributed by atoms with Gasteiger partial charge in [0.1, 0.15) is 0 Å². The predicted molar refractivity (Wildman–Crippen MR) is 59.7 cm³/mol. The van der Waals surface area contributed by atoms with E-state index in [9.17, 15) is 4.79 Å². The summed E-state index contributed by atoms with van der Waals surface area (Å²) < 4.78 is 9.70. The maximum atomic E-state index is 10.9. The fourth-order valence-electron chi connectivity index (χ4n) is 1.01. The van der Waals surface area contributed by atoms with Gasteiger partial charge in [0.25, 0.3) is 0 Å². The molecule has 0 aliphatic heterocycles. The number of carbonyl (C=O) groups excluding carboxylic acids is 1. The number of rotatable bonds is 8. The van der Waals surface area contributed by atoms with Gasteiger partial charge in [0.05, 0.1) is 6.61 Å². The molecule has 0 fully saturated rings. The normalized spacial score (nSPS) is 13.0. The zero-order chi connectivity index (χ0) is 11.5. The van der Waals surface area contributed by atoms with Gasteiger partial charge in [0, 0.05) is 32.4 Å². The number of carbonyl (C=O) groups is 1. The minimum absolute atomic E-state index is 0.288. The lowest BCUT2D eigenvalue weighted by Crippen LogP contribution is -2.27. The summed E-state index contributed by atoms with van der Waals surface area (Å²) in [5.74, 6) is -0.288. The SMILES string of the molecule is CCOC(=O)/C=C/CNC(C)CCOC. The maximum Gasteiger partial charge on any atom is 0.330 e. The van der Waals surface area contributed by atoms with Crippen LogP contribution < -0.4 is 5.32 Å². The third-order valence-corrected chi connectivity index (χ3v) is 1.88. The van der Waals surface area contributed by atoms with Crippen LogP contribution in [-0.2, 0) is 14.3 Å². The van der Waals surface area contributed by atoms with Crippen LogP contribution in [0.2, 0.25) is 0 Å². The van der Waals surface area contributed by atoms with Crippen LogP contribution in [0.3, 0.4) is 0 Å². The van der Waals surface area contributed by atoms with E-state index >= 15 is 0 Å². The van der Waals surface area contributed by atoms with Crippen LogP contribution >= 0.6 is 0 Å². The molecule has 0 rings (SSSR count). The molecule has 0 amide bonds. The van der Waals surface area contributed by atoms with Gasteiger partial charge in [-0.2, -0.15) is 0 Å². The third-order valence-electron chi connectivity index (χ3n) is 1.88. The average Bonchev–Trinajstić information content (AvgIpc) is 2.22. The molecule has 0 radical (unpaired) electrons. The van der Waals surface area contributed by atoms with Crippen molar-refractivity contribution in [3.05, 3.63) is 12.2 Å². The molecule has 0 saturated carbocycles. The highest BCUT2D eigenvalue weighted by Crippen LogP contribution is 1.90. The summed E-state index contributed by atoms with van der Waals surface area (Å²) in [6.07, 6.45) is 4.17. The molecular weight excluding hydrogens is 194 g/mol. The van der Waals surface area contributed by atoms with Crippen LogP contribution in [-0.4, -0.2) is 38.9 Å². The Morgan fingerprint density at radius 1 is 1.53 bits per heavy atom. The molecule has 0 bridgehead atoms. The Hall–Kier alpha value is -0.870. The number of esters is 1. The van der Waals surface area contributed by atoms with Crippen LogP contribution in [0.25, 0.3) is 0 Å². The molecule has 4 nitrogen and oxygen atoms in total. The molecule has 0 aliphatic rings. The predicted octanol–water partition coefficient (Wildman–Crippen LogP) is 1.12. The van der Waals surface area contributed by atoms with Crippen LogP contribution in [0.1, 0.15) is 20.3 Å². The Kier molecular flexibility index (Phi) is 9.11. The first-order valence-corrected chi connectivity index (χ1v) is 5.26. The van der Waals surface area contributed by atoms with Gasteiger partial charge in [0.15, 0.2) is 0 Å². The highest BCUT2D eigenvalue weighted by Gasteiger charge is 1.98. The first-order valence-electron chi connectivity index (χ1n) is 5.26. The second-order valence-electron chi connectivity index (χ2n) is 3.25. The quantitative estimate of drug-likeness (QED) is 0.487. The average molecular weight is 215 g/mol. The monoisotopic (exact) mass is 215 g/mol. The number of hydrogen-bond donors (Lipinski definition) is 1. The van der Waals surface area contributed by atoms with E-state index in [1.54, 1.807) is 20.1 Å². The summed E-state index contributed by atoms with van der Waals surface area (Å²) in [4.78, 5) is 10.9. The van der Waals surface area contributed by atoms with E-state index in [0.29, 0.717) is 19.2 Å². The van der Waals surface area contributed by atoms with Crippen molar-refractivity contribution in [2.45, 2.75) is 26.3 Å². The number of nitrogens with one attached hydrogen (secondary N) is 1. The first kappa shape index (κ1) is 14.1. The minimum atomic E-state index is -0.288. The largest absolute Gasteiger partial charge is 0.463 e. The second kappa shape index (κ2) is 9.68. The summed E-state index contributed by atoms with van der Waals surface area (Å²) in [6.45, 7) is 5.70. The minimum Gasteiger partial charge on any atom is -0.463 e. The summed E-state index contributed by atoms with van der Waals surface area (Å²) in [6, 6.07) is 0.386. The third kappa shape index (κ3) is 9.43. The van der Waals surface area contributed by atoms with Crippen molar-refractivity contribution < 1.29 is 14.3 Å². The van der Waals surface area contributed by atoms with E-state index in [2.05, 4.69) is 12.2 Å². The highest BCUT2D eigenvalue weighted by molar-refractivity contribution is 5.81. The second-order valence-corrected chi connectivity index (χ2v) is 3.25.